The van der Waals surface area contributed by atoms with E-state index in [0.29, 0.717) is 5.82 Å². The van der Waals surface area contributed by atoms with Crippen molar-refractivity contribution >= 4 is 5.82 Å². The van der Waals surface area contributed by atoms with Gasteiger partial charge in [-0.05, 0) is 0 Å². The smallest absolute Gasteiger partial charge is 0.120 e. The highest BCUT2D eigenvalue weighted by Gasteiger charge is 1.74. The lowest BCUT2D eigenvalue weighted by atomic mass is 10.8. The van der Waals surface area contributed by atoms with Gasteiger partial charge in [0.2, 0.25) is 0 Å². The van der Waals surface area contributed by atoms with Crippen molar-refractivity contribution in [2.75, 3.05) is 5.73 Å². The highest BCUT2D eigenvalue weighted by molar-refractivity contribution is 5.20. The number of hydrogen-bond acceptors (Lipinski definition) is 2. The number of nitrogen functional groups attached to an aromatic ring is 1. The molecule has 0 unspecified atom stereocenters. The normalized spacial score (nSPS) is 7.25. The number of hydrogen-bond donors (Lipinski definition) is 2. The molecule has 1 rings (SSSR count). The lowest BCUT2D eigenvalue weighted by molar-refractivity contribution is 1.32. The number of imidazole rings is 1. The Balaban J connectivity index is 0.000000222. The Labute approximate surface area is 48.9 Å². The molecule has 3 N–H and O–H groups in total. The van der Waals surface area contributed by atoms with Crippen molar-refractivity contribution in [1.29, 1.82) is 0 Å². The Morgan fingerprint density at radius 1 is 1.62 bits per heavy atom. The van der Waals surface area contributed by atoms with Crippen LogP contribution in [0.1, 0.15) is 13.8 Å². The van der Waals surface area contributed by atoms with E-state index in [-0.39, 0.29) is 0 Å². The third kappa shape index (κ3) is 2.23. The summed E-state index contributed by atoms with van der Waals surface area (Å²) >= 11 is 0. The van der Waals surface area contributed by atoms with Gasteiger partial charge in [0, 0.05) is 0 Å². The second kappa shape index (κ2) is 4.18. The number of nitrogens with one attached hydrogen (secondary N) is 1. The minimum atomic E-state index is 0.606. The first-order valence-corrected chi connectivity index (χ1v) is 2.63. The number of H-pyrrole nitrogens is 1. The van der Waals surface area contributed by atoms with Gasteiger partial charge in [-0.2, -0.15) is 0 Å². The molecule has 0 bridgehead atoms. The fourth-order valence-corrected chi connectivity index (χ4v) is 0.267. The molecule has 3 nitrogen and oxygen atoms in total. The quantitative estimate of drug-likeness (QED) is 0.527. The minimum absolute atomic E-state index is 0.606. The van der Waals surface area contributed by atoms with Gasteiger partial charge >= 0.3 is 0 Å². The molecule has 0 fully saturated rings. The molecule has 0 saturated carbocycles. The molecule has 0 amide bonds. The summed E-state index contributed by atoms with van der Waals surface area (Å²) in [6.07, 6.45) is 3.09. The fourth-order valence-electron chi connectivity index (χ4n) is 0.267. The third-order valence-corrected chi connectivity index (χ3v) is 0.519. The predicted molar refractivity (Wildman–Crippen MR) is 34.3 cm³/mol. The van der Waals surface area contributed by atoms with Crippen LogP contribution in [-0.2, 0) is 0 Å². The summed E-state index contributed by atoms with van der Waals surface area (Å²) in [5, 5.41) is 0. The first kappa shape index (κ1) is 7.01. The van der Waals surface area contributed by atoms with E-state index in [1.165, 1.54) is 6.33 Å². The van der Waals surface area contributed by atoms with Crippen LogP contribution in [0.3, 0.4) is 0 Å². The van der Waals surface area contributed by atoms with E-state index in [9.17, 15) is 0 Å². The molecule has 0 saturated heterocycles. The summed E-state index contributed by atoms with van der Waals surface area (Å²) in [6.45, 7) is 4.00. The molecule has 0 atom stereocenters. The van der Waals surface area contributed by atoms with Crippen LogP contribution in [0.5, 0.6) is 0 Å². The molecule has 0 spiro atoms. The summed E-state index contributed by atoms with van der Waals surface area (Å²) in [5.41, 5.74) is 5.16. The Kier molecular flexibility index (Phi) is 3.66. The van der Waals surface area contributed by atoms with E-state index < -0.39 is 0 Å². The average molecular weight is 113 g/mol. The number of aromatic amines is 1. The zero-order chi connectivity index (χ0) is 6.41. The Morgan fingerprint density at radius 2 is 2.25 bits per heavy atom. The van der Waals surface area contributed by atoms with Gasteiger partial charge in [-0.15, -0.1) is 0 Å². The van der Waals surface area contributed by atoms with Crippen molar-refractivity contribution in [2.45, 2.75) is 13.8 Å². The molecule has 1 heterocycles. The maximum absolute atomic E-state index is 5.16. The molecular formula is C5H11N3. The largest absolute Gasteiger partial charge is 0.384 e. The van der Waals surface area contributed by atoms with Crippen LogP contribution in [-0.4, -0.2) is 9.97 Å². The van der Waals surface area contributed by atoms with E-state index in [1.807, 2.05) is 13.8 Å². The average Bonchev–Trinajstić information content (AvgIpc) is 2.24. The maximum Gasteiger partial charge on any atom is 0.120 e. The standard InChI is InChI=1S/C3H5N3.C2H6/c4-3-1-5-2-6-3;1-2/h1-2H,4H2,(H,5,6);1-2H3. The van der Waals surface area contributed by atoms with Crippen molar-refractivity contribution in [3.8, 4) is 0 Å². The number of nitrogens with zero attached hydrogens (tertiary/aromatic N) is 1. The first-order valence-electron chi connectivity index (χ1n) is 2.63. The van der Waals surface area contributed by atoms with Crippen LogP contribution in [0.25, 0.3) is 0 Å². The minimum Gasteiger partial charge on any atom is -0.384 e. The van der Waals surface area contributed by atoms with Gasteiger partial charge in [0.15, 0.2) is 0 Å². The van der Waals surface area contributed by atoms with Gasteiger partial charge in [-0.3, -0.25) is 0 Å². The zero-order valence-corrected chi connectivity index (χ0v) is 5.18. The summed E-state index contributed by atoms with van der Waals surface area (Å²) in [4.78, 5) is 6.31. The van der Waals surface area contributed by atoms with Crippen molar-refractivity contribution in [3.05, 3.63) is 12.5 Å². The Hall–Kier alpha value is -0.990. The summed E-state index contributed by atoms with van der Waals surface area (Å²) < 4.78 is 0. The molecule has 1 aromatic rings. The molecule has 0 aliphatic carbocycles. The van der Waals surface area contributed by atoms with Crippen LogP contribution in [0.15, 0.2) is 12.5 Å². The van der Waals surface area contributed by atoms with Gasteiger partial charge in [-0.1, -0.05) is 13.8 Å². The zero-order valence-electron chi connectivity index (χ0n) is 5.18. The molecule has 0 radical (unpaired) electrons. The SMILES string of the molecule is CC.Nc1cnc[nH]1. The van der Waals surface area contributed by atoms with E-state index in [4.69, 9.17) is 5.73 Å². The summed E-state index contributed by atoms with van der Waals surface area (Å²) in [5.74, 6) is 0.606. The summed E-state index contributed by atoms with van der Waals surface area (Å²) in [6, 6.07) is 0. The monoisotopic (exact) mass is 113 g/mol. The number of rotatable bonds is 0. The lowest BCUT2D eigenvalue weighted by Crippen LogP contribution is -1.79. The summed E-state index contributed by atoms with van der Waals surface area (Å²) in [7, 11) is 0. The van der Waals surface area contributed by atoms with E-state index >= 15 is 0 Å². The van der Waals surface area contributed by atoms with Gasteiger partial charge < -0.3 is 10.7 Å². The van der Waals surface area contributed by atoms with Crippen molar-refractivity contribution in [3.63, 3.8) is 0 Å². The van der Waals surface area contributed by atoms with Gasteiger partial charge in [0.05, 0.1) is 12.5 Å². The second-order valence-electron chi connectivity index (χ2n) is 1.01. The van der Waals surface area contributed by atoms with Crippen molar-refractivity contribution in [2.24, 2.45) is 0 Å². The van der Waals surface area contributed by atoms with Crippen molar-refractivity contribution in [1.82, 2.24) is 9.97 Å². The third-order valence-electron chi connectivity index (χ3n) is 0.519. The van der Waals surface area contributed by atoms with Crippen LogP contribution in [0.4, 0.5) is 5.82 Å². The highest BCUT2D eigenvalue weighted by Crippen LogP contribution is 1.84. The molecular weight excluding hydrogens is 102 g/mol. The molecule has 1 aromatic heterocycles. The van der Waals surface area contributed by atoms with Gasteiger partial charge in [0.1, 0.15) is 5.82 Å². The highest BCUT2D eigenvalue weighted by atomic mass is 14.9. The van der Waals surface area contributed by atoms with Crippen LogP contribution < -0.4 is 5.73 Å². The molecule has 0 aliphatic heterocycles. The molecule has 0 aliphatic rings. The molecule has 3 heteroatoms. The van der Waals surface area contributed by atoms with Crippen LogP contribution >= 0.6 is 0 Å². The maximum atomic E-state index is 5.16. The molecule has 8 heavy (non-hydrogen) atoms. The Bertz CT molecular complexity index is 111. The van der Waals surface area contributed by atoms with Crippen LogP contribution in [0.2, 0.25) is 0 Å². The van der Waals surface area contributed by atoms with E-state index in [1.54, 1.807) is 6.20 Å². The van der Waals surface area contributed by atoms with Crippen molar-refractivity contribution < 1.29 is 0 Å². The predicted octanol–water partition coefficient (Wildman–Crippen LogP) is 1.02. The van der Waals surface area contributed by atoms with E-state index in [0.717, 1.165) is 0 Å². The topological polar surface area (TPSA) is 54.7 Å². The second-order valence-corrected chi connectivity index (χ2v) is 1.01. The lowest BCUT2D eigenvalue weighted by Gasteiger charge is -1.70. The van der Waals surface area contributed by atoms with Gasteiger partial charge in [-0.25, -0.2) is 4.98 Å². The van der Waals surface area contributed by atoms with E-state index in [2.05, 4.69) is 9.97 Å². The fraction of sp³-hybridized carbons (Fsp3) is 0.400. The Morgan fingerprint density at radius 3 is 2.38 bits per heavy atom. The molecule has 46 valence electrons. The van der Waals surface area contributed by atoms with Crippen LogP contribution in [0, 0.1) is 0 Å². The number of aromatic nitrogens is 2. The number of anilines is 1. The van der Waals surface area contributed by atoms with Gasteiger partial charge in [0.25, 0.3) is 0 Å². The first-order chi connectivity index (χ1) is 3.89. The molecule has 0 aromatic carbocycles. The number of nitrogens with two attached hydrogens (primary N) is 1.